The van der Waals surface area contributed by atoms with E-state index in [0.29, 0.717) is 26.9 Å². The van der Waals surface area contributed by atoms with E-state index >= 15 is 0 Å². The molecule has 0 aliphatic rings. The maximum absolute atomic E-state index is 13.1. The summed E-state index contributed by atoms with van der Waals surface area (Å²) in [6, 6.07) is 19.6. The fourth-order valence-electron chi connectivity index (χ4n) is 4.44. The molecule has 4 aromatic rings. The van der Waals surface area contributed by atoms with E-state index in [1.807, 2.05) is 30.3 Å². The van der Waals surface area contributed by atoms with Crippen molar-refractivity contribution < 1.29 is 23.9 Å². The summed E-state index contributed by atoms with van der Waals surface area (Å²) in [5.74, 6) is -0.733. The molecular formula is C33H33ClN2O5S. The van der Waals surface area contributed by atoms with Gasteiger partial charge in [-0.2, -0.15) is 0 Å². The number of anilines is 2. The van der Waals surface area contributed by atoms with Gasteiger partial charge < -0.3 is 20.1 Å². The first-order valence-electron chi connectivity index (χ1n) is 13.8. The van der Waals surface area contributed by atoms with Crippen molar-refractivity contribution in [1.29, 1.82) is 0 Å². The van der Waals surface area contributed by atoms with Crippen LogP contribution in [0.25, 0.3) is 11.1 Å². The van der Waals surface area contributed by atoms with Crippen LogP contribution >= 0.6 is 22.9 Å². The van der Waals surface area contributed by atoms with E-state index in [1.54, 1.807) is 55.6 Å². The van der Waals surface area contributed by atoms with Gasteiger partial charge >= 0.3 is 5.97 Å². The summed E-state index contributed by atoms with van der Waals surface area (Å²) < 4.78 is 11.2. The third-order valence-electron chi connectivity index (χ3n) is 6.70. The summed E-state index contributed by atoms with van der Waals surface area (Å²) in [4.78, 5) is 38.9. The molecule has 0 spiro atoms. The number of carbonyl (C=O) groups excluding carboxylic acids is 3. The number of halogens is 1. The fraction of sp³-hybridized carbons (Fsp3) is 0.242. The van der Waals surface area contributed by atoms with Crippen LogP contribution in [0, 0.1) is 0 Å². The molecule has 7 nitrogen and oxygen atoms in total. The standard InChI is InChI=1S/C33H33ClN2O5S/c1-5-21-9-8-10-22(6-2)29(21)35-30(37)20(4)41-26-17-13-24(14-18-26)31(38)36-32-28(33(39)40-7-3)27(19-42-32)23-11-15-25(34)16-12-23/h8-20H,5-7H2,1-4H3,(H,35,37)(H,36,38)/t20-/m1/s1. The number of thiophene rings is 1. The average Bonchev–Trinajstić information content (AvgIpc) is 3.41. The number of carbonyl (C=O) groups is 3. The SMILES string of the molecule is CCOC(=O)c1c(-c2ccc(Cl)cc2)csc1NC(=O)c1ccc(O[C@H](C)C(=O)Nc2c(CC)cccc2CC)cc1. The molecule has 9 heteroatoms. The first kappa shape index (κ1) is 30.8. The number of para-hydroxylation sites is 1. The molecule has 0 radical (unpaired) electrons. The zero-order chi connectivity index (χ0) is 30.2. The number of esters is 1. The monoisotopic (exact) mass is 604 g/mol. The van der Waals surface area contributed by atoms with Crippen LogP contribution in [0.1, 0.15) is 59.5 Å². The maximum atomic E-state index is 13.1. The Hall–Kier alpha value is -4.14. The molecule has 0 aliphatic heterocycles. The van der Waals surface area contributed by atoms with Crippen molar-refractivity contribution in [2.75, 3.05) is 17.2 Å². The Morgan fingerprint density at radius 2 is 1.52 bits per heavy atom. The smallest absolute Gasteiger partial charge is 0.341 e. The van der Waals surface area contributed by atoms with Crippen molar-refractivity contribution in [2.24, 2.45) is 0 Å². The van der Waals surface area contributed by atoms with E-state index in [0.717, 1.165) is 35.2 Å². The molecule has 0 unspecified atom stereocenters. The molecule has 4 rings (SSSR count). The van der Waals surface area contributed by atoms with E-state index in [2.05, 4.69) is 24.5 Å². The highest BCUT2D eigenvalue weighted by Gasteiger charge is 2.23. The lowest BCUT2D eigenvalue weighted by Gasteiger charge is -2.18. The summed E-state index contributed by atoms with van der Waals surface area (Å²) in [6.07, 6.45) is 0.846. The number of amides is 2. The minimum atomic E-state index is -0.760. The van der Waals surface area contributed by atoms with Crippen LogP contribution in [0.4, 0.5) is 10.7 Å². The highest BCUT2D eigenvalue weighted by Crippen LogP contribution is 2.37. The Balaban J connectivity index is 1.45. The first-order chi connectivity index (χ1) is 20.2. The van der Waals surface area contributed by atoms with Crippen molar-refractivity contribution in [2.45, 2.75) is 46.6 Å². The highest BCUT2D eigenvalue weighted by atomic mass is 35.5. The number of benzene rings is 3. The van der Waals surface area contributed by atoms with Gasteiger partial charge in [-0.05, 0) is 79.8 Å². The van der Waals surface area contributed by atoms with E-state index in [1.165, 1.54) is 11.3 Å². The predicted molar refractivity (Wildman–Crippen MR) is 169 cm³/mol. The Kier molecular flexibility index (Phi) is 10.4. The van der Waals surface area contributed by atoms with Crippen LogP contribution < -0.4 is 15.4 Å². The molecule has 0 saturated heterocycles. The lowest BCUT2D eigenvalue weighted by molar-refractivity contribution is -0.122. The first-order valence-corrected chi connectivity index (χ1v) is 15.1. The number of hydrogen-bond acceptors (Lipinski definition) is 6. The Morgan fingerprint density at radius 3 is 2.12 bits per heavy atom. The molecule has 42 heavy (non-hydrogen) atoms. The zero-order valence-electron chi connectivity index (χ0n) is 24.0. The summed E-state index contributed by atoms with van der Waals surface area (Å²) in [7, 11) is 0. The fourth-order valence-corrected chi connectivity index (χ4v) is 5.52. The quantitative estimate of drug-likeness (QED) is 0.169. The molecule has 3 aromatic carbocycles. The van der Waals surface area contributed by atoms with Crippen molar-refractivity contribution in [3.8, 4) is 16.9 Å². The van der Waals surface area contributed by atoms with E-state index in [9.17, 15) is 14.4 Å². The van der Waals surface area contributed by atoms with Gasteiger partial charge in [-0.25, -0.2) is 4.79 Å². The average molecular weight is 605 g/mol. The van der Waals surface area contributed by atoms with Gasteiger partial charge in [-0.1, -0.05) is 55.8 Å². The number of nitrogens with one attached hydrogen (secondary N) is 2. The van der Waals surface area contributed by atoms with Gasteiger partial charge in [0.2, 0.25) is 0 Å². The molecule has 2 N–H and O–H groups in total. The van der Waals surface area contributed by atoms with Crippen LogP contribution in [0.2, 0.25) is 5.02 Å². The van der Waals surface area contributed by atoms with Gasteiger partial charge in [0.05, 0.1) is 6.61 Å². The molecule has 2 amide bonds. The molecule has 0 bridgehead atoms. The lowest BCUT2D eigenvalue weighted by Crippen LogP contribution is -2.31. The summed E-state index contributed by atoms with van der Waals surface area (Å²) in [6.45, 7) is 7.71. The number of rotatable bonds is 11. The lowest BCUT2D eigenvalue weighted by atomic mass is 10.0. The third-order valence-corrected chi connectivity index (χ3v) is 7.85. The summed E-state index contributed by atoms with van der Waals surface area (Å²) >= 11 is 7.27. The number of hydrogen-bond donors (Lipinski definition) is 2. The highest BCUT2D eigenvalue weighted by molar-refractivity contribution is 7.15. The molecule has 1 atom stereocenters. The Labute approximate surface area is 254 Å². The summed E-state index contributed by atoms with van der Waals surface area (Å²) in [5.41, 5.74) is 5.06. The van der Waals surface area contributed by atoms with Crippen LogP contribution in [-0.2, 0) is 22.4 Å². The molecule has 0 saturated carbocycles. The maximum Gasteiger partial charge on any atom is 0.341 e. The van der Waals surface area contributed by atoms with E-state index in [4.69, 9.17) is 21.1 Å². The zero-order valence-corrected chi connectivity index (χ0v) is 25.5. The van der Waals surface area contributed by atoms with Crippen molar-refractivity contribution in [3.05, 3.63) is 99.4 Å². The van der Waals surface area contributed by atoms with Crippen LogP contribution in [-0.4, -0.2) is 30.5 Å². The van der Waals surface area contributed by atoms with Crippen molar-refractivity contribution in [1.82, 2.24) is 0 Å². The van der Waals surface area contributed by atoms with Crippen LogP contribution in [0.15, 0.2) is 72.1 Å². The molecule has 1 heterocycles. The molecular weight excluding hydrogens is 572 g/mol. The Bertz CT molecular complexity index is 1540. The molecule has 0 aliphatic carbocycles. The van der Waals surface area contributed by atoms with E-state index in [-0.39, 0.29) is 18.1 Å². The van der Waals surface area contributed by atoms with Gasteiger partial charge in [-0.3, -0.25) is 9.59 Å². The second-order valence-electron chi connectivity index (χ2n) is 9.47. The van der Waals surface area contributed by atoms with Crippen LogP contribution in [0.3, 0.4) is 0 Å². The van der Waals surface area contributed by atoms with Crippen LogP contribution in [0.5, 0.6) is 5.75 Å². The van der Waals surface area contributed by atoms with Gasteiger partial charge in [0.25, 0.3) is 11.8 Å². The normalized spacial score (nSPS) is 11.5. The molecule has 1 aromatic heterocycles. The van der Waals surface area contributed by atoms with Crippen molar-refractivity contribution in [3.63, 3.8) is 0 Å². The van der Waals surface area contributed by atoms with Gasteiger partial charge in [0.15, 0.2) is 6.10 Å². The molecule has 0 fully saturated rings. The van der Waals surface area contributed by atoms with Crippen molar-refractivity contribution >= 4 is 51.4 Å². The second kappa shape index (κ2) is 14.2. The minimum Gasteiger partial charge on any atom is -0.481 e. The summed E-state index contributed by atoms with van der Waals surface area (Å²) in [5, 5.41) is 8.63. The topological polar surface area (TPSA) is 93.7 Å². The van der Waals surface area contributed by atoms with Gasteiger partial charge in [-0.15, -0.1) is 11.3 Å². The predicted octanol–water partition coefficient (Wildman–Crippen LogP) is 8.03. The number of ether oxygens (including phenoxy) is 2. The van der Waals surface area contributed by atoms with E-state index < -0.39 is 18.0 Å². The third kappa shape index (κ3) is 7.19. The van der Waals surface area contributed by atoms with Gasteiger partial charge in [0.1, 0.15) is 16.3 Å². The molecule has 218 valence electrons. The minimum absolute atomic E-state index is 0.199. The Morgan fingerprint density at radius 1 is 0.881 bits per heavy atom. The largest absolute Gasteiger partial charge is 0.481 e. The second-order valence-corrected chi connectivity index (χ2v) is 10.8. The van der Waals surface area contributed by atoms with Gasteiger partial charge in [0, 0.05) is 27.2 Å². The number of aryl methyl sites for hydroxylation is 2.